The smallest absolute Gasteiger partial charge is 0.129 e. The molecule has 16 heavy (non-hydrogen) atoms. The molecule has 0 bridgehead atoms. The summed E-state index contributed by atoms with van der Waals surface area (Å²) in [6.45, 7) is 4.00. The van der Waals surface area contributed by atoms with Gasteiger partial charge in [0.15, 0.2) is 0 Å². The Morgan fingerprint density at radius 2 is 1.81 bits per heavy atom. The lowest BCUT2D eigenvalue weighted by molar-refractivity contribution is 0.742. The summed E-state index contributed by atoms with van der Waals surface area (Å²) in [4.78, 5) is 13.1. The summed E-state index contributed by atoms with van der Waals surface area (Å²) >= 11 is 0. The summed E-state index contributed by atoms with van der Waals surface area (Å²) in [5, 5.41) is 0. The predicted molar refractivity (Wildman–Crippen MR) is 62.1 cm³/mol. The van der Waals surface area contributed by atoms with E-state index in [4.69, 9.17) is 0 Å². The van der Waals surface area contributed by atoms with Crippen LogP contribution in [0.15, 0.2) is 18.5 Å². The highest BCUT2D eigenvalue weighted by molar-refractivity contribution is 5.09. The largest absolute Gasteiger partial charge is 0.338 e. The average Bonchev–Trinajstić information content (AvgIpc) is 2.59. The van der Waals surface area contributed by atoms with Crippen molar-refractivity contribution in [2.75, 3.05) is 0 Å². The molecule has 0 radical (unpaired) electrons. The highest BCUT2D eigenvalue weighted by atomic mass is 15.0. The van der Waals surface area contributed by atoms with Crippen LogP contribution in [0.5, 0.6) is 0 Å². The number of rotatable bonds is 3. The van der Waals surface area contributed by atoms with Gasteiger partial charge in [0.2, 0.25) is 0 Å². The molecule has 0 saturated heterocycles. The second kappa shape index (κ2) is 4.43. The van der Waals surface area contributed by atoms with Crippen LogP contribution in [-0.4, -0.2) is 19.5 Å². The molecule has 2 heterocycles. The molecule has 0 aromatic carbocycles. The highest BCUT2D eigenvalue weighted by Crippen LogP contribution is 2.04. The van der Waals surface area contributed by atoms with Gasteiger partial charge in [-0.05, 0) is 19.9 Å². The third kappa shape index (κ3) is 2.45. The van der Waals surface area contributed by atoms with Crippen molar-refractivity contribution in [3.63, 3.8) is 0 Å². The summed E-state index contributed by atoms with van der Waals surface area (Å²) in [5.74, 6) is 1.98. The zero-order valence-corrected chi connectivity index (χ0v) is 9.94. The Labute approximate surface area is 95.4 Å². The molecule has 84 valence electrons. The Hall–Kier alpha value is -1.71. The number of aryl methyl sites for hydroxylation is 5. The van der Waals surface area contributed by atoms with Gasteiger partial charge in [0, 0.05) is 43.7 Å². The van der Waals surface area contributed by atoms with Crippen LogP contribution in [0.3, 0.4) is 0 Å². The van der Waals surface area contributed by atoms with Gasteiger partial charge < -0.3 is 4.57 Å². The van der Waals surface area contributed by atoms with Gasteiger partial charge >= 0.3 is 0 Å². The molecule has 0 saturated carbocycles. The van der Waals surface area contributed by atoms with Gasteiger partial charge in [-0.25, -0.2) is 15.0 Å². The molecule has 4 heteroatoms. The summed E-state index contributed by atoms with van der Waals surface area (Å²) in [6.07, 6.45) is 5.50. The summed E-state index contributed by atoms with van der Waals surface area (Å²) in [7, 11) is 2.00. The molecule has 0 unspecified atom stereocenters. The van der Waals surface area contributed by atoms with E-state index in [0.29, 0.717) is 0 Å². The SMILES string of the molecule is Cc1cc(C)nc(CCc2nccn2C)n1. The molecule has 2 rings (SSSR count). The Morgan fingerprint density at radius 1 is 1.12 bits per heavy atom. The Kier molecular flexibility index (Phi) is 2.99. The molecule has 0 aliphatic carbocycles. The lowest BCUT2D eigenvalue weighted by Crippen LogP contribution is -2.04. The van der Waals surface area contributed by atoms with Crippen LogP contribution in [0, 0.1) is 13.8 Å². The maximum absolute atomic E-state index is 4.41. The third-order valence-electron chi connectivity index (χ3n) is 2.52. The minimum atomic E-state index is 0.841. The van der Waals surface area contributed by atoms with E-state index in [0.717, 1.165) is 35.9 Å². The second-order valence-corrected chi connectivity index (χ2v) is 4.02. The van der Waals surface area contributed by atoms with Crippen molar-refractivity contribution >= 4 is 0 Å². The first-order valence-corrected chi connectivity index (χ1v) is 5.42. The molecule has 0 aliphatic heterocycles. The van der Waals surface area contributed by atoms with E-state index < -0.39 is 0 Å². The first-order valence-electron chi connectivity index (χ1n) is 5.42. The molecule has 0 spiro atoms. The van der Waals surface area contributed by atoms with Crippen molar-refractivity contribution in [3.05, 3.63) is 41.5 Å². The fourth-order valence-electron chi connectivity index (χ4n) is 1.77. The number of hydrogen-bond acceptors (Lipinski definition) is 3. The summed E-state index contributed by atoms with van der Waals surface area (Å²) in [5.41, 5.74) is 2.06. The van der Waals surface area contributed by atoms with Gasteiger partial charge in [-0.2, -0.15) is 0 Å². The van der Waals surface area contributed by atoms with Crippen molar-refractivity contribution in [1.29, 1.82) is 0 Å². The molecule has 2 aromatic rings. The summed E-state index contributed by atoms with van der Waals surface area (Å²) in [6, 6.07) is 1.99. The van der Waals surface area contributed by atoms with E-state index in [-0.39, 0.29) is 0 Å². The molecule has 0 aliphatic rings. The second-order valence-electron chi connectivity index (χ2n) is 4.02. The molecule has 0 atom stereocenters. The minimum Gasteiger partial charge on any atom is -0.338 e. The number of hydrogen-bond donors (Lipinski definition) is 0. The van der Waals surface area contributed by atoms with E-state index >= 15 is 0 Å². The van der Waals surface area contributed by atoms with Gasteiger partial charge in [0.05, 0.1) is 0 Å². The zero-order valence-electron chi connectivity index (χ0n) is 9.94. The normalized spacial score (nSPS) is 10.7. The van der Waals surface area contributed by atoms with Crippen molar-refractivity contribution in [2.45, 2.75) is 26.7 Å². The maximum Gasteiger partial charge on any atom is 0.129 e. The van der Waals surface area contributed by atoms with E-state index in [1.54, 1.807) is 0 Å². The van der Waals surface area contributed by atoms with Crippen molar-refractivity contribution in [1.82, 2.24) is 19.5 Å². The zero-order chi connectivity index (χ0) is 11.5. The van der Waals surface area contributed by atoms with Crippen molar-refractivity contribution < 1.29 is 0 Å². The van der Waals surface area contributed by atoms with Crippen molar-refractivity contribution in [2.24, 2.45) is 7.05 Å². The van der Waals surface area contributed by atoms with E-state index in [9.17, 15) is 0 Å². The van der Waals surface area contributed by atoms with E-state index in [1.165, 1.54) is 0 Å². The first-order chi connectivity index (χ1) is 7.65. The molecular formula is C12H16N4. The van der Waals surface area contributed by atoms with Crippen molar-refractivity contribution in [3.8, 4) is 0 Å². The lowest BCUT2D eigenvalue weighted by atomic mass is 10.2. The van der Waals surface area contributed by atoms with Gasteiger partial charge in [-0.1, -0.05) is 0 Å². The van der Waals surface area contributed by atoms with Crippen LogP contribution in [0.1, 0.15) is 23.0 Å². The Morgan fingerprint density at radius 3 is 2.38 bits per heavy atom. The summed E-state index contributed by atoms with van der Waals surface area (Å²) < 4.78 is 2.03. The fraction of sp³-hybridized carbons (Fsp3) is 0.417. The molecule has 0 fully saturated rings. The maximum atomic E-state index is 4.41. The fourth-order valence-corrected chi connectivity index (χ4v) is 1.77. The third-order valence-corrected chi connectivity index (χ3v) is 2.52. The number of imidazole rings is 1. The standard InChI is InChI=1S/C12H16N4/c1-9-8-10(2)15-11(14-9)4-5-12-13-6-7-16(12)3/h6-8H,4-5H2,1-3H3. The Bertz CT molecular complexity index is 467. The topological polar surface area (TPSA) is 43.6 Å². The molecule has 4 nitrogen and oxygen atoms in total. The quantitative estimate of drug-likeness (QED) is 0.783. The predicted octanol–water partition coefficient (Wildman–Crippen LogP) is 1.61. The van der Waals surface area contributed by atoms with Gasteiger partial charge in [-0.15, -0.1) is 0 Å². The number of nitrogens with zero attached hydrogens (tertiary/aromatic N) is 4. The lowest BCUT2D eigenvalue weighted by Gasteiger charge is -2.03. The molecule has 0 N–H and O–H groups in total. The van der Waals surface area contributed by atoms with Gasteiger partial charge in [-0.3, -0.25) is 0 Å². The number of aromatic nitrogens is 4. The Balaban J connectivity index is 2.07. The van der Waals surface area contributed by atoms with Crippen LogP contribution >= 0.6 is 0 Å². The molecule has 0 amide bonds. The van der Waals surface area contributed by atoms with Crippen LogP contribution < -0.4 is 0 Å². The monoisotopic (exact) mass is 216 g/mol. The molecular weight excluding hydrogens is 200 g/mol. The van der Waals surface area contributed by atoms with E-state index in [2.05, 4.69) is 15.0 Å². The van der Waals surface area contributed by atoms with Crippen LogP contribution in [0.4, 0.5) is 0 Å². The highest BCUT2D eigenvalue weighted by Gasteiger charge is 2.03. The molecule has 2 aromatic heterocycles. The van der Waals surface area contributed by atoms with E-state index in [1.807, 2.05) is 43.9 Å². The van der Waals surface area contributed by atoms with Crippen LogP contribution in [-0.2, 0) is 19.9 Å². The minimum absolute atomic E-state index is 0.841. The first kappa shape index (κ1) is 10.8. The average molecular weight is 216 g/mol. The van der Waals surface area contributed by atoms with Gasteiger partial charge in [0.25, 0.3) is 0 Å². The van der Waals surface area contributed by atoms with Crippen LogP contribution in [0.25, 0.3) is 0 Å². The van der Waals surface area contributed by atoms with Gasteiger partial charge in [0.1, 0.15) is 11.6 Å². The van der Waals surface area contributed by atoms with Crippen LogP contribution in [0.2, 0.25) is 0 Å².